The highest BCUT2D eigenvalue weighted by atomic mass is 16.1. The maximum atomic E-state index is 11.9. The average molecular weight is 226 g/mol. The summed E-state index contributed by atoms with van der Waals surface area (Å²) in [6.07, 6.45) is 3.30. The fourth-order valence-corrected chi connectivity index (χ4v) is 1.52. The summed E-state index contributed by atoms with van der Waals surface area (Å²) in [5, 5.41) is 2.83. The van der Waals surface area contributed by atoms with Crippen molar-refractivity contribution in [3.05, 3.63) is 59.4 Å². The van der Waals surface area contributed by atoms with E-state index in [0.717, 1.165) is 11.3 Å². The van der Waals surface area contributed by atoms with Gasteiger partial charge in [-0.3, -0.25) is 9.78 Å². The number of anilines is 1. The molecule has 0 aliphatic heterocycles. The van der Waals surface area contributed by atoms with Gasteiger partial charge in [-0.15, -0.1) is 0 Å². The molecule has 1 amide bonds. The lowest BCUT2D eigenvalue weighted by atomic mass is 10.1. The lowest BCUT2D eigenvalue weighted by Crippen LogP contribution is -2.12. The highest BCUT2D eigenvalue weighted by molar-refractivity contribution is 6.04. The van der Waals surface area contributed by atoms with E-state index in [1.54, 1.807) is 24.5 Å². The van der Waals surface area contributed by atoms with Gasteiger partial charge in [-0.2, -0.15) is 0 Å². The van der Waals surface area contributed by atoms with Crippen LogP contribution < -0.4 is 5.32 Å². The number of hydrogen-bond acceptors (Lipinski definition) is 2. The van der Waals surface area contributed by atoms with E-state index in [1.165, 1.54) is 5.56 Å². The number of aryl methyl sites for hydroxylation is 2. The quantitative estimate of drug-likeness (QED) is 0.855. The van der Waals surface area contributed by atoms with Crippen LogP contribution in [0.4, 0.5) is 5.69 Å². The van der Waals surface area contributed by atoms with Crippen molar-refractivity contribution < 1.29 is 4.79 Å². The molecule has 0 spiro atoms. The number of amides is 1. The van der Waals surface area contributed by atoms with Gasteiger partial charge < -0.3 is 5.32 Å². The van der Waals surface area contributed by atoms with Gasteiger partial charge in [-0.1, -0.05) is 6.07 Å². The van der Waals surface area contributed by atoms with Crippen LogP contribution >= 0.6 is 0 Å². The van der Waals surface area contributed by atoms with Crippen LogP contribution in [-0.2, 0) is 0 Å². The van der Waals surface area contributed by atoms with Gasteiger partial charge in [-0.05, 0) is 49.2 Å². The number of rotatable bonds is 2. The number of benzene rings is 1. The molecule has 0 atom stereocenters. The van der Waals surface area contributed by atoms with Crippen molar-refractivity contribution in [3.8, 4) is 0 Å². The first-order chi connectivity index (χ1) is 8.16. The Labute approximate surface area is 101 Å². The zero-order valence-corrected chi connectivity index (χ0v) is 9.90. The number of carbonyl (C=O) groups is 1. The molecule has 17 heavy (non-hydrogen) atoms. The molecule has 0 aliphatic carbocycles. The highest BCUT2D eigenvalue weighted by Crippen LogP contribution is 2.12. The molecule has 0 aliphatic rings. The Morgan fingerprint density at radius 3 is 2.41 bits per heavy atom. The maximum absolute atomic E-state index is 11.9. The summed E-state index contributed by atoms with van der Waals surface area (Å²) in [6.45, 7) is 4.03. The number of aromatic nitrogens is 1. The molecule has 0 fully saturated rings. The SMILES string of the molecule is Cc1ccc(C(=O)Nc2ccncc2)cc1C. The summed E-state index contributed by atoms with van der Waals surface area (Å²) in [6, 6.07) is 9.21. The molecule has 0 bridgehead atoms. The molecule has 86 valence electrons. The van der Waals surface area contributed by atoms with Crippen molar-refractivity contribution in [1.82, 2.24) is 4.98 Å². The third kappa shape index (κ3) is 2.69. The monoisotopic (exact) mass is 226 g/mol. The molecular weight excluding hydrogens is 212 g/mol. The Hall–Kier alpha value is -2.16. The van der Waals surface area contributed by atoms with Crippen molar-refractivity contribution in [2.75, 3.05) is 5.32 Å². The summed E-state index contributed by atoms with van der Waals surface area (Å²) in [4.78, 5) is 15.8. The van der Waals surface area contributed by atoms with Crippen LogP contribution in [0, 0.1) is 13.8 Å². The van der Waals surface area contributed by atoms with Crippen LogP contribution in [0.15, 0.2) is 42.7 Å². The molecule has 1 heterocycles. The van der Waals surface area contributed by atoms with E-state index in [-0.39, 0.29) is 5.91 Å². The number of pyridine rings is 1. The summed E-state index contributed by atoms with van der Waals surface area (Å²) < 4.78 is 0. The zero-order chi connectivity index (χ0) is 12.3. The van der Waals surface area contributed by atoms with E-state index in [0.29, 0.717) is 5.56 Å². The lowest BCUT2D eigenvalue weighted by molar-refractivity contribution is 0.102. The van der Waals surface area contributed by atoms with Crippen molar-refractivity contribution in [2.24, 2.45) is 0 Å². The zero-order valence-electron chi connectivity index (χ0n) is 9.90. The first-order valence-corrected chi connectivity index (χ1v) is 5.45. The average Bonchev–Trinajstić information content (AvgIpc) is 2.34. The number of hydrogen-bond donors (Lipinski definition) is 1. The molecule has 1 aromatic carbocycles. The smallest absolute Gasteiger partial charge is 0.255 e. The number of carbonyl (C=O) groups excluding carboxylic acids is 1. The molecule has 0 radical (unpaired) electrons. The predicted octanol–water partition coefficient (Wildman–Crippen LogP) is 2.95. The van der Waals surface area contributed by atoms with Crippen LogP contribution in [0.5, 0.6) is 0 Å². The van der Waals surface area contributed by atoms with E-state index in [1.807, 2.05) is 32.0 Å². The van der Waals surface area contributed by atoms with Crippen LogP contribution in [0.25, 0.3) is 0 Å². The Kier molecular flexibility index (Phi) is 3.19. The van der Waals surface area contributed by atoms with E-state index >= 15 is 0 Å². The summed E-state index contributed by atoms with van der Waals surface area (Å²) in [5.74, 6) is -0.0979. The van der Waals surface area contributed by atoms with Gasteiger partial charge >= 0.3 is 0 Å². The minimum Gasteiger partial charge on any atom is -0.322 e. The van der Waals surface area contributed by atoms with E-state index in [9.17, 15) is 4.79 Å². The molecule has 0 saturated carbocycles. The molecule has 2 rings (SSSR count). The van der Waals surface area contributed by atoms with Gasteiger partial charge in [0.05, 0.1) is 0 Å². The number of nitrogens with one attached hydrogen (secondary N) is 1. The van der Waals surface area contributed by atoms with Crippen molar-refractivity contribution in [3.63, 3.8) is 0 Å². The third-order valence-corrected chi connectivity index (χ3v) is 2.71. The Morgan fingerprint density at radius 2 is 1.76 bits per heavy atom. The van der Waals surface area contributed by atoms with Crippen molar-refractivity contribution >= 4 is 11.6 Å². The second kappa shape index (κ2) is 4.78. The third-order valence-electron chi connectivity index (χ3n) is 2.71. The normalized spacial score (nSPS) is 10.0. The molecule has 1 N–H and O–H groups in total. The minimum absolute atomic E-state index is 0.0979. The van der Waals surface area contributed by atoms with Crippen LogP contribution in [0.2, 0.25) is 0 Å². The molecule has 0 saturated heterocycles. The molecule has 3 heteroatoms. The summed E-state index contributed by atoms with van der Waals surface area (Å²) in [5.41, 5.74) is 3.73. The standard InChI is InChI=1S/C14H14N2O/c1-10-3-4-12(9-11(10)2)14(17)16-13-5-7-15-8-6-13/h3-9H,1-2H3,(H,15,16,17). The Balaban J connectivity index is 2.18. The van der Waals surface area contributed by atoms with Gasteiger partial charge in [0.15, 0.2) is 0 Å². The molecule has 3 nitrogen and oxygen atoms in total. The fourth-order valence-electron chi connectivity index (χ4n) is 1.52. The Bertz CT molecular complexity index is 535. The van der Waals surface area contributed by atoms with Gasteiger partial charge in [0, 0.05) is 23.6 Å². The molecule has 2 aromatic rings. The molecule has 0 unspecified atom stereocenters. The van der Waals surface area contributed by atoms with Crippen molar-refractivity contribution in [1.29, 1.82) is 0 Å². The van der Waals surface area contributed by atoms with Crippen molar-refractivity contribution in [2.45, 2.75) is 13.8 Å². The van der Waals surface area contributed by atoms with Gasteiger partial charge in [0.2, 0.25) is 0 Å². The summed E-state index contributed by atoms with van der Waals surface area (Å²) in [7, 11) is 0. The number of nitrogens with zero attached hydrogens (tertiary/aromatic N) is 1. The van der Waals surface area contributed by atoms with Crippen LogP contribution in [0.1, 0.15) is 21.5 Å². The van der Waals surface area contributed by atoms with Crippen LogP contribution in [0.3, 0.4) is 0 Å². The van der Waals surface area contributed by atoms with Crippen LogP contribution in [-0.4, -0.2) is 10.9 Å². The van der Waals surface area contributed by atoms with Gasteiger partial charge in [0.1, 0.15) is 0 Å². The van der Waals surface area contributed by atoms with E-state index in [2.05, 4.69) is 10.3 Å². The second-order valence-electron chi connectivity index (χ2n) is 3.99. The Morgan fingerprint density at radius 1 is 1.06 bits per heavy atom. The first kappa shape index (κ1) is 11.3. The highest BCUT2D eigenvalue weighted by Gasteiger charge is 2.06. The fraction of sp³-hybridized carbons (Fsp3) is 0.143. The molecule has 1 aromatic heterocycles. The predicted molar refractivity (Wildman–Crippen MR) is 68.1 cm³/mol. The maximum Gasteiger partial charge on any atom is 0.255 e. The summed E-state index contributed by atoms with van der Waals surface area (Å²) >= 11 is 0. The van der Waals surface area contributed by atoms with E-state index in [4.69, 9.17) is 0 Å². The topological polar surface area (TPSA) is 42.0 Å². The lowest BCUT2D eigenvalue weighted by Gasteiger charge is -2.06. The minimum atomic E-state index is -0.0979. The van der Waals surface area contributed by atoms with Gasteiger partial charge in [0.25, 0.3) is 5.91 Å². The van der Waals surface area contributed by atoms with Gasteiger partial charge in [-0.25, -0.2) is 0 Å². The van der Waals surface area contributed by atoms with E-state index < -0.39 is 0 Å². The molecular formula is C14H14N2O. The first-order valence-electron chi connectivity index (χ1n) is 5.45. The second-order valence-corrected chi connectivity index (χ2v) is 3.99. The largest absolute Gasteiger partial charge is 0.322 e.